The Bertz CT molecular complexity index is 5330. The van der Waals surface area contributed by atoms with Crippen LogP contribution in [-0.4, -0.2) is 0 Å². The molecule has 0 fully saturated rings. The lowest BCUT2D eigenvalue weighted by Crippen LogP contribution is -2.37. The first-order valence-electron chi connectivity index (χ1n) is 31.0. The number of furan rings is 2. The summed E-state index contributed by atoms with van der Waals surface area (Å²) in [5, 5.41) is 4.19. The third-order valence-electron chi connectivity index (χ3n) is 19.0. The molecule has 0 N–H and O–H groups in total. The smallest absolute Gasteiger partial charge is 0.159 e. The third-order valence-corrected chi connectivity index (χ3v) is 19.0. The van der Waals surface area contributed by atoms with Crippen LogP contribution >= 0.6 is 0 Å². The average molecular weight is 1160 g/mol. The van der Waals surface area contributed by atoms with Gasteiger partial charge in [-0.05, 0) is 158 Å². The van der Waals surface area contributed by atoms with Gasteiger partial charge in [-0.1, -0.05) is 231 Å². The molecular weight excluding hydrogens is 1110 g/mol. The molecule has 0 saturated carbocycles. The summed E-state index contributed by atoms with van der Waals surface area (Å²) < 4.78 is 21.3. The minimum absolute atomic E-state index is 0.565. The van der Waals surface area contributed by atoms with Crippen LogP contribution in [0, 0.1) is 0 Å². The number of rotatable bonds is 9. The van der Waals surface area contributed by atoms with Crippen molar-refractivity contribution in [2.75, 3.05) is 14.7 Å². The van der Waals surface area contributed by atoms with Crippen molar-refractivity contribution >= 4 is 95.1 Å². The SMILES string of the molecule is c1ccc(-c2ccc(N(c3cc(-c4ccc5c(c4)Oc4cccc6c4N5c4ccccc4C64c5ccccc5-c5ccccc54)cc(N(c4ccc(-c5ccccc5)cc4)c4cccc5c4oc4ccccc45)c3)c3cccc4c3oc3ccccc34)cc2)cc1. The highest BCUT2D eigenvalue weighted by Crippen LogP contribution is 2.67. The van der Waals surface area contributed by atoms with Crippen LogP contribution in [0.1, 0.15) is 22.3 Å². The van der Waals surface area contributed by atoms with Gasteiger partial charge < -0.3 is 28.3 Å². The molecule has 0 saturated heterocycles. The Balaban J connectivity index is 0.851. The van der Waals surface area contributed by atoms with Crippen molar-refractivity contribution in [3.05, 3.63) is 344 Å². The molecule has 0 bridgehead atoms. The lowest BCUT2D eigenvalue weighted by molar-refractivity contribution is 0.474. The average Bonchev–Trinajstić information content (AvgIpc) is 1.55. The van der Waals surface area contributed by atoms with Crippen molar-refractivity contribution in [2.24, 2.45) is 0 Å². The summed E-state index contributed by atoms with van der Waals surface area (Å²) in [6.07, 6.45) is 0. The normalized spacial score (nSPS) is 13.0. The fraction of sp³-hybridized carbons (Fsp3) is 0.0118. The molecule has 1 spiro atoms. The van der Waals surface area contributed by atoms with Crippen molar-refractivity contribution in [3.63, 3.8) is 0 Å². The molecule has 3 aliphatic rings. The molecule has 0 amide bonds. The Morgan fingerprint density at radius 3 is 1.30 bits per heavy atom. The van der Waals surface area contributed by atoms with Crippen LogP contribution < -0.4 is 19.4 Å². The minimum atomic E-state index is -0.565. The summed E-state index contributed by atoms with van der Waals surface area (Å²) >= 11 is 0. The number of fused-ring (bicyclic) bond motifs is 17. The van der Waals surface area contributed by atoms with Gasteiger partial charge in [-0.25, -0.2) is 0 Å². The Kier molecular flexibility index (Phi) is 11.2. The number of ether oxygens (including phenoxy) is 1. The number of hydrogen-bond acceptors (Lipinski definition) is 6. The Morgan fingerprint density at radius 1 is 0.275 bits per heavy atom. The third kappa shape index (κ3) is 7.66. The quantitative estimate of drug-likeness (QED) is 0.144. The largest absolute Gasteiger partial charge is 0.454 e. The summed E-state index contributed by atoms with van der Waals surface area (Å²) in [5.41, 5.74) is 25.4. The van der Waals surface area contributed by atoms with Crippen molar-refractivity contribution in [1.29, 1.82) is 0 Å². The molecule has 14 aromatic carbocycles. The van der Waals surface area contributed by atoms with Gasteiger partial charge in [0.2, 0.25) is 0 Å². The molecule has 1 aliphatic carbocycles. The van der Waals surface area contributed by atoms with Crippen LogP contribution in [-0.2, 0) is 5.41 Å². The highest BCUT2D eigenvalue weighted by atomic mass is 16.5. The molecule has 0 atom stereocenters. The van der Waals surface area contributed by atoms with E-state index in [2.05, 4.69) is 324 Å². The highest BCUT2D eigenvalue weighted by molar-refractivity contribution is 6.12. The van der Waals surface area contributed by atoms with Gasteiger partial charge >= 0.3 is 0 Å². The zero-order valence-electron chi connectivity index (χ0n) is 49.2. The molecule has 6 nitrogen and oxygen atoms in total. The summed E-state index contributed by atoms with van der Waals surface area (Å²) in [6, 6.07) is 116. The first kappa shape index (κ1) is 51.0. The Morgan fingerprint density at radius 2 is 0.725 bits per heavy atom. The van der Waals surface area contributed by atoms with Crippen molar-refractivity contribution in [3.8, 4) is 56.0 Å². The Labute approximate surface area is 525 Å². The number of para-hydroxylation sites is 6. The standard InChI is InChI=1S/C85H53N3O3/c1-3-20-54(21-4-1)56-40-45-60(46-41-56)86(76-35-17-28-68-66-26-9-15-37-78(66)90-83(68)76)62-50-59(51-63(53-62)87(61-47-42-57(43-48-61)55-22-5-2-6-23-55)77-36-18-29-69-67-27-10-16-38-79(67)91-84(69)77)58-44-49-75-81(52-58)89-80-39-19-33-73-82(80)88(75)74-34-14-13-32-72(74)85(73)70-30-11-7-24-64(70)65-25-8-12-31-71(65)85/h1-53H. The molecule has 2 aliphatic heterocycles. The van der Waals surface area contributed by atoms with E-state index in [4.69, 9.17) is 13.6 Å². The van der Waals surface area contributed by atoms with E-state index >= 15 is 0 Å². The van der Waals surface area contributed by atoms with E-state index in [1.807, 2.05) is 12.1 Å². The summed E-state index contributed by atoms with van der Waals surface area (Å²) in [5.74, 6) is 1.56. The van der Waals surface area contributed by atoms with Crippen LogP contribution in [0.2, 0.25) is 0 Å². The van der Waals surface area contributed by atoms with E-state index in [-0.39, 0.29) is 0 Å². The number of hydrogen-bond donors (Lipinski definition) is 0. The fourth-order valence-electron chi connectivity index (χ4n) is 15.1. The second kappa shape index (κ2) is 20.0. The molecule has 16 aromatic rings. The first-order valence-corrected chi connectivity index (χ1v) is 31.0. The maximum atomic E-state index is 7.37. The van der Waals surface area contributed by atoms with Crippen molar-refractivity contribution in [2.45, 2.75) is 5.41 Å². The van der Waals surface area contributed by atoms with E-state index < -0.39 is 5.41 Å². The number of benzene rings is 14. The molecule has 2 aromatic heterocycles. The zero-order valence-corrected chi connectivity index (χ0v) is 49.2. The van der Waals surface area contributed by atoms with Crippen LogP contribution in [0.4, 0.5) is 51.2 Å². The van der Waals surface area contributed by atoms with Crippen molar-refractivity contribution < 1.29 is 13.6 Å². The molecule has 0 unspecified atom stereocenters. The van der Waals surface area contributed by atoms with Crippen molar-refractivity contribution in [1.82, 2.24) is 0 Å². The van der Waals surface area contributed by atoms with E-state index in [1.54, 1.807) is 0 Å². The van der Waals surface area contributed by atoms with Gasteiger partial charge in [-0.2, -0.15) is 0 Å². The van der Waals surface area contributed by atoms with Crippen LogP contribution in [0.5, 0.6) is 11.5 Å². The number of nitrogens with zero attached hydrogens (tertiary/aromatic N) is 3. The second-order valence-electron chi connectivity index (χ2n) is 23.9. The van der Waals surface area contributed by atoms with Crippen LogP contribution in [0.3, 0.4) is 0 Å². The summed E-state index contributed by atoms with van der Waals surface area (Å²) in [6.45, 7) is 0. The summed E-state index contributed by atoms with van der Waals surface area (Å²) in [7, 11) is 0. The highest BCUT2D eigenvalue weighted by Gasteiger charge is 2.53. The lowest BCUT2D eigenvalue weighted by Gasteiger charge is -2.47. The van der Waals surface area contributed by atoms with E-state index in [0.29, 0.717) is 0 Å². The summed E-state index contributed by atoms with van der Waals surface area (Å²) in [4.78, 5) is 7.16. The molecule has 19 rings (SSSR count). The monoisotopic (exact) mass is 1160 g/mol. The molecule has 4 heterocycles. The topological polar surface area (TPSA) is 45.2 Å². The predicted molar refractivity (Wildman–Crippen MR) is 372 cm³/mol. The zero-order chi connectivity index (χ0) is 59.7. The second-order valence-corrected chi connectivity index (χ2v) is 23.9. The van der Waals surface area contributed by atoms with E-state index in [1.165, 1.54) is 33.4 Å². The van der Waals surface area contributed by atoms with Gasteiger partial charge in [0.1, 0.15) is 11.2 Å². The van der Waals surface area contributed by atoms with E-state index in [9.17, 15) is 0 Å². The predicted octanol–water partition coefficient (Wildman–Crippen LogP) is 23.7. The maximum absolute atomic E-state index is 7.37. The maximum Gasteiger partial charge on any atom is 0.159 e. The van der Waals surface area contributed by atoms with E-state index in [0.717, 1.165) is 140 Å². The Hall–Kier alpha value is -12.1. The van der Waals surface area contributed by atoms with Crippen LogP contribution in [0.25, 0.3) is 88.4 Å². The van der Waals surface area contributed by atoms with Gasteiger partial charge in [-0.3, -0.25) is 0 Å². The molecule has 91 heavy (non-hydrogen) atoms. The van der Waals surface area contributed by atoms with Gasteiger partial charge in [-0.15, -0.1) is 0 Å². The lowest BCUT2D eigenvalue weighted by atomic mass is 9.64. The van der Waals surface area contributed by atoms with Gasteiger partial charge in [0, 0.05) is 44.3 Å². The van der Waals surface area contributed by atoms with Gasteiger partial charge in [0.15, 0.2) is 22.7 Å². The molecular formula is C85H53N3O3. The van der Waals surface area contributed by atoms with Crippen LogP contribution in [0.15, 0.2) is 330 Å². The molecule has 0 radical (unpaired) electrons. The fourth-order valence-corrected chi connectivity index (χ4v) is 15.1. The minimum Gasteiger partial charge on any atom is -0.454 e. The van der Waals surface area contributed by atoms with Gasteiger partial charge in [0.25, 0.3) is 0 Å². The number of anilines is 9. The first-order chi connectivity index (χ1) is 45.1. The van der Waals surface area contributed by atoms with Gasteiger partial charge in [0.05, 0.1) is 33.9 Å². The molecule has 6 heteroatoms. The molecule has 426 valence electrons.